The van der Waals surface area contributed by atoms with E-state index in [2.05, 4.69) is 38.2 Å². The van der Waals surface area contributed by atoms with Crippen LogP contribution in [-0.4, -0.2) is 19.0 Å². The van der Waals surface area contributed by atoms with Crippen molar-refractivity contribution in [2.75, 3.05) is 13.1 Å². The molecule has 0 bridgehead atoms. The zero-order valence-electron chi connectivity index (χ0n) is 13.7. The molecule has 3 N–H and O–H groups in total. The van der Waals surface area contributed by atoms with Crippen LogP contribution in [-0.2, 0) is 11.2 Å². The van der Waals surface area contributed by atoms with Gasteiger partial charge in [0.25, 0.3) is 0 Å². The van der Waals surface area contributed by atoms with E-state index in [1.165, 1.54) is 11.1 Å². The summed E-state index contributed by atoms with van der Waals surface area (Å²) in [6.07, 6.45) is 3.92. The first kappa shape index (κ1) is 16.6. The summed E-state index contributed by atoms with van der Waals surface area (Å²) in [7, 11) is 0. The number of nitrogens with two attached hydrogens (primary N) is 1. The second kappa shape index (κ2) is 7.45. The SMILES string of the molecule is Cc1cc2occ(CC(=O)NCCCCN)c2cc1C(C)C. The van der Waals surface area contributed by atoms with Crippen molar-refractivity contribution in [2.45, 2.75) is 46.0 Å². The largest absolute Gasteiger partial charge is 0.464 e. The first-order chi connectivity index (χ1) is 10.5. The van der Waals surface area contributed by atoms with E-state index in [1.54, 1.807) is 6.26 Å². The van der Waals surface area contributed by atoms with Crippen LogP contribution in [0.5, 0.6) is 0 Å². The van der Waals surface area contributed by atoms with Crippen LogP contribution in [0.4, 0.5) is 0 Å². The summed E-state index contributed by atoms with van der Waals surface area (Å²) in [4.78, 5) is 12.0. The van der Waals surface area contributed by atoms with Gasteiger partial charge in [-0.05, 0) is 55.5 Å². The number of hydrogen-bond acceptors (Lipinski definition) is 3. The molecule has 0 aliphatic heterocycles. The third-order valence-electron chi connectivity index (χ3n) is 3.97. The summed E-state index contributed by atoms with van der Waals surface area (Å²) >= 11 is 0. The van der Waals surface area contributed by atoms with Crippen molar-refractivity contribution >= 4 is 16.9 Å². The van der Waals surface area contributed by atoms with Gasteiger partial charge in [-0.1, -0.05) is 13.8 Å². The van der Waals surface area contributed by atoms with Crippen LogP contribution in [0.2, 0.25) is 0 Å². The number of furan rings is 1. The van der Waals surface area contributed by atoms with Gasteiger partial charge < -0.3 is 15.5 Å². The highest BCUT2D eigenvalue weighted by Crippen LogP contribution is 2.29. The van der Waals surface area contributed by atoms with Crippen molar-refractivity contribution in [3.8, 4) is 0 Å². The van der Waals surface area contributed by atoms with Gasteiger partial charge in [0.1, 0.15) is 5.58 Å². The summed E-state index contributed by atoms with van der Waals surface area (Å²) < 4.78 is 5.61. The lowest BCUT2D eigenvalue weighted by atomic mass is 9.95. The van der Waals surface area contributed by atoms with Gasteiger partial charge in [-0.15, -0.1) is 0 Å². The van der Waals surface area contributed by atoms with Gasteiger partial charge >= 0.3 is 0 Å². The number of unbranched alkanes of at least 4 members (excludes halogenated alkanes) is 1. The van der Waals surface area contributed by atoms with Crippen LogP contribution in [0.15, 0.2) is 22.8 Å². The maximum absolute atomic E-state index is 12.0. The zero-order valence-corrected chi connectivity index (χ0v) is 13.7. The van der Waals surface area contributed by atoms with Crippen LogP contribution >= 0.6 is 0 Å². The van der Waals surface area contributed by atoms with E-state index in [0.29, 0.717) is 25.4 Å². The van der Waals surface area contributed by atoms with E-state index in [9.17, 15) is 4.79 Å². The van der Waals surface area contributed by atoms with Crippen LogP contribution in [0.3, 0.4) is 0 Å². The summed E-state index contributed by atoms with van der Waals surface area (Å²) in [6.45, 7) is 7.80. The highest BCUT2D eigenvalue weighted by Gasteiger charge is 2.13. The summed E-state index contributed by atoms with van der Waals surface area (Å²) in [5.74, 6) is 0.489. The van der Waals surface area contributed by atoms with E-state index in [0.717, 1.165) is 29.4 Å². The Balaban J connectivity index is 2.11. The van der Waals surface area contributed by atoms with Gasteiger partial charge in [0.05, 0.1) is 12.7 Å². The number of rotatable bonds is 7. The van der Waals surface area contributed by atoms with Crippen molar-refractivity contribution in [3.05, 3.63) is 35.1 Å². The molecule has 0 fully saturated rings. The molecule has 0 unspecified atom stereocenters. The molecule has 1 aromatic carbocycles. The molecule has 1 aromatic heterocycles. The number of benzene rings is 1. The van der Waals surface area contributed by atoms with Gasteiger partial charge in [-0.3, -0.25) is 4.79 Å². The molecule has 2 rings (SSSR count). The highest BCUT2D eigenvalue weighted by molar-refractivity contribution is 5.88. The first-order valence-electron chi connectivity index (χ1n) is 8.00. The van der Waals surface area contributed by atoms with Gasteiger partial charge in [0, 0.05) is 17.5 Å². The van der Waals surface area contributed by atoms with E-state index in [1.807, 2.05) is 0 Å². The average Bonchev–Trinajstić information content (AvgIpc) is 2.84. The summed E-state index contributed by atoms with van der Waals surface area (Å²) in [5, 5.41) is 3.98. The van der Waals surface area contributed by atoms with Gasteiger partial charge in [-0.2, -0.15) is 0 Å². The lowest BCUT2D eigenvalue weighted by Crippen LogP contribution is -2.26. The molecule has 4 heteroatoms. The quantitative estimate of drug-likeness (QED) is 0.771. The maximum atomic E-state index is 12.0. The van der Waals surface area contributed by atoms with E-state index < -0.39 is 0 Å². The van der Waals surface area contributed by atoms with Crippen molar-refractivity contribution in [3.63, 3.8) is 0 Å². The lowest BCUT2D eigenvalue weighted by Gasteiger charge is -2.10. The second-order valence-electron chi connectivity index (χ2n) is 6.14. The number of carbonyl (C=O) groups excluding carboxylic acids is 1. The second-order valence-corrected chi connectivity index (χ2v) is 6.14. The molecule has 0 saturated heterocycles. The predicted octanol–water partition coefficient (Wildman–Crippen LogP) is 3.26. The fraction of sp³-hybridized carbons (Fsp3) is 0.500. The average molecular weight is 302 g/mol. The lowest BCUT2D eigenvalue weighted by molar-refractivity contribution is -0.120. The number of fused-ring (bicyclic) bond motifs is 1. The molecule has 0 saturated carbocycles. The zero-order chi connectivity index (χ0) is 16.1. The van der Waals surface area contributed by atoms with Crippen LogP contribution < -0.4 is 11.1 Å². The van der Waals surface area contributed by atoms with Crippen molar-refractivity contribution in [2.24, 2.45) is 5.73 Å². The van der Waals surface area contributed by atoms with Gasteiger partial charge in [0.2, 0.25) is 5.91 Å². The fourth-order valence-electron chi connectivity index (χ4n) is 2.74. The standard InChI is InChI=1S/C18H26N2O2/c1-12(2)15-10-16-14(11-22-17(16)8-13(15)3)9-18(21)20-7-5-4-6-19/h8,10-12H,4-7,9,19H2,1-3H3,(H,20,21). The van der Waals surface area contributed by atoms with E-state index in [-0.39, 0.29) is 5.91 Å². The molecular weight excluding hydrogens is 276 g/mol. The Bertz CT molecular complexity index is 644. The van der Waals surface area contributed by atoms with Crippen LogP contribution in [0, 0.1) is 6.92 Å². The van der Waals surface area contributed by atoms with Crippen molar-refractivity contribution in [1.82, 2.24) is 5.32 Å². The maximum Gasteiger partial charge on any atom is 0.224 e. The van der Waals surface area contributed by atoms with Crippen LogP contribution in [0.25, 0.3) is 11.0 Å². The molecule has 0 radical (unpaired) electrons. The minimum Gasteiger partial charge on any atom is -0.464 e. The smallest absolute Gasteiger partial charge is 0.224 e. The Labute approximate surface area is 132 Å². The molecule has 22 heavy (non-hydrogen) atoms. The highest BCUT2D eigenvalue weighted by atomic mass is 16.3. The molecule has 0 aliphatic carbocycles. The molecular formula is C18H26N2O2. The van der Waals surface area contributed by atoms with Crippen molar-refractivity contribution in [1.29, 1.82) is 0 Å². The molecule has 0 atom stereocenters. The van der Waals surface area contributed by atoms with Gasteiger partial charge in [0.15, 0.2) is 0 Å². The minimum absolute atomic E-state index is 0.0337. The summed E-state index contributed by atoms with van der Waals surface area (Å²) in [5.41, 5.74) is 9.78. The number of hydrogen-bond donors (Lipinski definition) is 2. The Morgan fingerprint density at radius 1 is 1.32 bits per heavy atom. The Morgan fingerprint density at radius 2 is 2.09 bits per heavy atom. The number of aryl methyl sites for hydroxylation is 1. The molecule has 4 nitrogen and oxygen atoms in total. The van der Waals surface area contributed by atoms with Crippen LogP contribution in [0.1, 0.15) is 49.3 Å². The predicted molar refractivity (Wildman–Crippen MR) is 90.0 cm³/mol. The van der Waals surface area contributed by atoms with Crippen molar-refractivity contribution < 1.29 is 9.21 Å². The van der Waals surface area contributed by atoms with Gasteiger partial charge in [-0.25, -0.2) is 0 Å². The molecule has 1 heterocycles. The third kappa shape index (κ3) is 3.89. The number of amides is 1. The summed E-state index contributed by atoms with van der Waals surface area (Å²) in [6, 6.07) is 4.23. The molecule has 0 spiro atoms. The van der Waals surface area contributed by atoms with E-state index in [4.69, 9.17) is 10.2 Å². The Morgan fingerprint density at radius 3 is 2.77 bits per heavy atom. The van der Waals surface area contributed by atoms with E-state index >= 15 is 0 Å². The monoisotopic (exact) mass is 302 g/mol. The molecule has 120 valence electrons. The fourth-order valence-corrected chi connectivity index (χ4v) is 2.74. The normalized spacial score (nSPS) is 11.3. The molecule has 1 amide bonds. The molecule has 2 aromatic rings. The third-order valence-corrected chi connectivity index (χ3v) is 3.97. The topological polar surface area (TPSA) is 68.3 Å². The first-order valence-corrected chi connectivity index (χ1v) is 8.00. The Hall–Kier alpha value is -1.81. The number of carbonyl (C=O) groups is 1. The molecule has 0 aliphatic rings. The number of nitrogens with one attached hydrogen (secondary N) is 1. The minimum atomic E-state index is 0.0337. The Kier molecular flexibility index (Phi) is 5.61.